The summed E-state index contributed by atoms with van der Waals surface area (Å²) >= 11 is 0. The van der Waals surface area contributed by atoms with Gasteiger partial charge in [-0.1, -0.05) is 0 Å². The first kappa shape index (κ1) is 13.8. The molecule has 0 amide bonds. The monoisotopic (exact) mass is 281 g/mol. The third kappa shape index (κ3) is 3.21. The number of nitrogens with zero attached hydrogens (tertiary/aromatic N) is 2. The van der Waals surface area contributed by atoms with Crippen LogP contribution in [0.2, 0.25) is 0 Å². The first-order valence-electron chi connectivity index (χ1n) is 6.08. The molecule has 0 spiro atoms. The lowest BCUT2D eigenvalue weighted by atomic mass is 10.2. The Kier molecular flexibility index (Phi) is 4.34. The van der Waals surface area contributed by atoms with Crippen LogP contribution in [-0.2, 0) is 6.42 Å². The number of ketones is 1. The minimum Gasteiger partial charge on any atom is -0.348 e. The lowest BCUT2D eigenvalue weighted by molar-refractivity contribution is 0.0959. The Hall–Kier alpha value is -1.66. The summed E-state index contributed by atoms with van der Waals surface area (Å²) in [5.41, 5.74) is 1.72. The van der Waals surface area contributed by atoms with Crippen molar-refractivity contribution in [1.29, 1.82) is 0 Å². The second-order valence-electron chi connectivity index (χ2n) is 4.56. The van der Waals surface area contributed by atoms with Crippen LogP contribution < -0.4 is 5.32 Å². The van der Waals surface area contributed by atoms with Crippen LogP contribution in [0.1, 0.15) is 22.6 Å². The Morgan fingerprint density at radius 1 is 1.32 bits per heavy atom. The third-order valence-corrected chi connectivity index (χ3v) is 3.25. The number of nitrogens with one attached hydrogen (secondary N) is 3. The van der Waals surface area contributed by atoms with Gasteiger partial charge in [0.1, 0.15) is 5.69 Å². The number of carbonyl (C=O) groups excluding carboxylic acids is 1. The molecule has 0 aliphatic heterocycles. The van der Waals surface area contributed by atoms with E-state index in [9.17, 15) is 4.79 Å². The van der Waals surface area contributed by atoms with Crippen LogP contribution in [0.25, 0.3) is 0 Å². The molecule has 0 aromatic carbocycles. The molecular formula is C12H16ClN5O. The number of halogens is 1. The summed E-state index contributed by atoms with van der Waals surface area (Å²) in [6, 6.07) is 0.309. The molecule has 1 saturated carbocycles. The number of aromatic nitrogens is 4. The maximum Gasteiger partial charge on any atom is 0.185 e. The van der Waals surface area contributed by atoms with Crippen LogP contribution in [0, 0.1) is 5.92 Å². The van der Waals surface area contributed by atoms with E-state index in [1.165, 1.54) is 6.33 Å². The zero-order chi connectivity index (χ0) is 12.4. The number of Topliss-reactive ketones (excluding diaryl/α,β-unsaturated/α-hetero) is 1. The molecule has 1 aliphatic rings. The molecule has 0 bridgehead atoms. The Morgan fingerprint density at radius 3 is 2.79 bits per heavy atom. The van der Waals surface area contributed by atoms with Gasteiger partial charge in [-0.25, -0.2) is 9.97 Å². The van der Waals surface area contributed by atoms with Crippen LogP contribution in [0.4, 0.5) is 0 Å². The van der Waals surface area contributed by atoms with Gasteiger partial charge in [0.05, 0.1) is 18.9 Å². The molecular weight excluding hydrogens is 266 g/mol. The topological polar surface area (TPSA) is 86.5 Å². The molecule has 19 heavy (non-hydrogen) atoms. The Balaban J connectivity index is 0.00000133. The highest BCUT2D eigenvalue weighted by Gasteiger charge is 2.43. The normalized spacial score (nSPS) is 20.8. The van der Waals surface area contributed by atoms with Crippen molar-refractivity contribution in [3.05, 3.63) is 36.4 Å². The second kappa shape index (κ2) is 5.99. The predicted molar refractivity (Wildman–Crippen MR) is 72.4 cm³/mol. The van der Waals surface area contributed by atoms with Gasteiger partial charge in [-0.05, 0) is 6.42 Å². The van der Waals surface area contributed by atoms with E-state index in [2.05, 4.69) is 25.3 Å². The van der Waals surface area contributed by atoms with Crippen molar-refractivity contribution in [3.63, 3.8) is 0 Å². The molecule has 0 radical (unpaired) electrons. The highest BCUT2D eigenvalue weighted by atomic mass is 35.5. The summed E-state index contributed by atoms with van der Waals surface area (Å²) in [5.74, 6) is 0.263. The highest BCUT2D eigenvalue weighted by Crippen LogP contribution is 2.33. The maximum absolute atomic E-state index is 11.9. The zero-order valence-electron chi connectivity index (χ0n) is 10.3. The van der Waals surface area contributed by atoms with Crippen LogP contribution >= 0.6 is 12.4 Å². The van der Waals surface area contributed by atoms with Crippen LogP contribution in [-0.4, -0.2) is 38.3 Å². The summed E-state index contributed by atoms with van der Waals surface area (Å²) in [7, 11) is 0. The summed E-state index contributed by atoms with van der Waals surface area (Å²) in [6.07, 6.45) is 8.44. The summed E-state index contributed by atoms with van der Waals surface area (Å²) in [6.45, 7) is 0.861. The smallest absolute Gasteiger partial charge is 0.185 e. The molecule has 7 heteroatoms. The van der Waals surface area contributed by atoms with E-state index in [4.69, 9.17) is 0 Å². The number of imidazole rings is 2. The Morgan fingerprint density at radius 2 is 2.11 bits per heavy atom. The van der Waals surface area contributed by atoms with Crippen LogP contribution in [0.15, 0.2) is 25.0 Å². The standard InChI is InChI=1S/C12H15N5O.ClH/c18-12(11-5-14-7-17-11)9-3-10(9)15-2-1-8-4-13-6-16-8;/h4-7,9-10,15H,1-3H2,(H,13,16)(H,14,17);1H/t9-,10+;/m1./s1. The maximum atomic E-state index is 11.9. The van der Waals surface area contributed by atoms with E-state index < -0.39 is 0 Å². The van der Waals surface area contributed by atoms with E-state index in [-0.39, 0.29) is 24.1 Å². The molecule has 0 unspecified atom stereocenters. The van der Waals surface area contributed by atoms with Crippen molar-refractivity contribution >= 4 is 18.2 Å². The zero-order valence-corrected chi connectivity index (χ0v) is 11.1. The third-order valence-electron chi connectivity index (χ3n) is 3.25. The average Bonchev–Trinajstić information content (AvgIpc) is 2.85. The minimum absolute atomic E-state index is 0. The fraction of sp³-hybridized carbons (Fsp3) is 0.417. The van der Waals surface area contributed by atoms with Crippen molar-refractivity contribution in [2.75, 3.05) is 6.54 Å². The largest absolute Gasteiger partial charge is 0.348 e. The molecule has 3 rings (SSSR count). The number of hydrogen-bond donors (Lipinski definition) is 3. The Bertz CT molecular complexity index is 510. The molecule has 1 aliphatic carbocycles. The average molecular weight is 282 g/mol. The summed E-state index contributed by atoms with van der Waals surface area (Å²) < 4.78 is 0. The first-order chi connectivity index (χ1) is 8.84. The fourth-order valence-electron chi connectivity index (χ4n) is 2.11. The van der Waals surface area contributed by atoms with Gasteiger partial charge in [-0.2, -0.15) is 0 Å². The predicted octanol–water partition coefficient (Wildman–Crippen LogP) is 0.958. The number of aromatic amines is 2. The van der Waals surface area contributed by atoms with Crippen LogP contribution in [0.3, 0.4) is 0 Å². The molecule has 102 valence electrons. The molecule has 2 heterocycles. The van der Waals surface area contributed by atoms with Gasteiger partial charge in [0.2, 0.25) is 0 Å². The van der Waals surface area contributed by atoms with Gasteiger partial charge < -0.3 is 15.3 Å². The van der Waals surface area contributed by atoms with Gasteiger partial charge >= 0.3 is 0 Å². The molecule has 2 aromatic heterocycles. The van der Waals surface area contributed by atoms with E-state index >= 15 is 0 Å². The van der Waals surface area contributed by atoms with Crippen molar-refractivity contribution < 1.29 is 4.79 Å². The van der Waals surface area contributed by atoms with Gasteiger partial charge in [-0.15, -0.1) is 12.4 Å². The molecule has 6 nitrogen and oxygen atoms in total. The fourth-order valence-corrected chi connectivity index (χ4v) is 2.11. The number of rotatable bonds is 6. The molecule has 0 saturated heterocycles. The van der Waals surface area contributed by atoms with Crippen molar-refractivity contribution in [2.45, 2.75) is 18.9 Å². The minimum atomic E-state index is 0. The Labute approximate surface area is 116 Å². The van der Waals surface area contributed by atoms with Crippen molar-refractivity contribution in [2.24, 2.45) is 5.92 Å². The second-order valence-corrected chi connectivity index (χ2v) is 4.56. The van der Waals surface area contributed by atoms with Gasteiger partial charge in [0.15, 0.2) is 5.78 Å². The van der Waals surface area contributed by atoms with E-state index in [1.54, 1.807) is 12.5 Å². The molecule has 2 atom stereocenters. The molecule has 2 aromatic rings. The van der Waals surface area contributed by atoms with Gasteiger partial charge in [0, 0.05) is 36.8 Å². The summed E-state index contributed by atoms with van der Waals surface area (Å²) in [4.78, 5) is 25.7. The number of H-pyrrole nitrogens is 2. The lowest BCUT2D eigenvalue weighted by Crippen LogP contribution is -2.23. The van der Waals surface area contributed by atoms with Gasteiger partial charge in [-0.3, -0.25) is 4.79 Å². The van der Waals surface area contributed by atoms with Crippen molar-refractivity contribution in [1.82, 2.24) is 25.3 Å². The van der Waals surface area contributed by atoms with Gasteiger partial charge in [0.25, 0.3) is 0 Å². The van der Waals surface area contributed by atoms with E-state index in [1.807, 2.05) is 6.20 Å². The van der Waals surface area contributed by atoms with E-state index in [0.29, 0.717) is 11.7 Å². The molecule has 1 fully saturated rings. The first-order valence-corrected chi connectivity index (χ1v) is 6.08. The van der Waals surface area contributed by atoms with Crippen LogP contribution in [0.5, 0.6) is 0 Å². The SMILES string of the molecule is Cl.O=C(c1cnc[nH]1)[C@@H]1C[C@@H]1NCCc1cnc[nH]1. The molecule has 3 N–H and O–H groups in total. The number of hydrogen-bond acceptors (Lipinski definition) is 4. The number of carbonyl (C=O) groups is 1. The highest BCUT2D eigenvalue weighted by molar-refractivity contribution is 5.98. The quantitative estimate of drug-likeness (QED) is 0.688. The lowest BCUT2D eigenvalue weighted by Gasteiger charge is -2.02. The van der Waals surface area contributed by atoms with E-state index in [0.717, 1.165) is 25.1 Å². The van der Waals surface area contributed by atoms with Crippen molar-refractivity contribution in [3.8, 4) is 0 Å². The summed E-state index contributed by atoms with van der Waals surface area (Å²) in [5, 5.41) is 3.38.